The summed E-state index contributed by atoms with van der Waals surface area (Å²) in [4.78, 5) is 126. The van der Waals surface area contributed by atoms with Gasteiger partial charge in [-0.25, -0.2) is 9.97 Å². The third kappa shape index (κ3) is 17.3. The van der Waals surface area contributed by atoms with Gasteiger partial charge in [0.1, 0.15) is 36.3 Å². The molecule has 0 aliphatic carbocycles. The maximum atomic E-state index is 14.6. The minimum atomic E-state index is -1.29. The van der Waals surface area contributed by atoms with Crippen LogP contribution < -0.4 is 37.6 Å². The largest absolute Gasteiger partial charge is 0.348 e. The van der Waals surface area contributed by atoms with Crippen molar-refractivity contribution in [3.63, 3.8) is 0 Å². The van der Waals surface area contributed by atoms with Gasteiger partial charge in [-0.15, -0.1) is 0 Å². The van der Waals surface area contributed by atoms with Gasteiger partial charge >= 0.3 is 0 Å². The minimum Gasteiger partial charge on any atom is -0.348 e. The van der Waals surface area contributed by atoms with Crippen molar-refractivity contribution in [3.05, 3.63) is 108 Å². The summed E-state index contributed by atoms with van der Waals surface area (Å²) in [5.74, 6) is -4.76. The molecule has 0 spiro atoms. The number of nitrogens with zero attached hydrogens (tertiary/aromatic N) is 3. The number of carbonyl (C=O) groups is 8. The van der Waals surface area contributed by atoms with Crippen LogP contribution in [0.4, 0.5) is 0 Å². The number of likely N-dealkylation sites (tertiary alicyclic amines) is 1. The Bertz CT molecular complexity index is 2370. The molecule has 7 amide bonds. The maximum absolute atomic E-state index is 14.6. The second-order valence-electron chi connectivity index (χ2n) is 18.6. The van der Waals surface area contributed by atoms with Gasteiger partial charge in [0.25, 0.3) is 0 Å². The van der Waals surface area contributed by atoms with E-state index in [1.807, 2.05) is 67.6 Å². The van der Waals surface area contributed by atoms with Crippen molar-refractivity contribution in [1.82, 2.24) is 56.7 Å². The second-order valence-corrected chi connectivity index (χ2v) is 18.6. The van der Waals surface area contributed by atoms with Crippen LogP contribution >= 0.6 is 0 Å². The van der Waals surface area contributed by atoms with E-state index in [4.69, 9.17) is 5.73 Å². The zero-order valence-corrected chi connectivity index (χ0v) is 41.8. The lowest BCUT2D eigenvalue weighted by molar-refractivity contribution is -0.138. The smallest absolute Gasteiger partial charge is 0.243 e. The van der Waals surface area contributed by atoms with Gasteiger partial charge in [0, 0.05) is 56.5 Å². The average Bonchev–Trinajstić information content (AvgIpc) is 4.20. The van der Waals surface area contributed by atoms with Crippen LogP contribution in [-0.2, 0) is 64.0 Å². The number of ketones is 1. The third-order valence-electron chi connectivity index (χ3n) is 13.1. The molecule has 0 saturated carbocycles. The number of imidazole rings is 2. The second kappa shape index (κ2) is 28.6. The fourth-order valence-corrected chi connectivity index (χ4v) is 8.72. The van der Waals surface area contributed by atoms with Crippen LogP contribution in [0.25, 0.3) is 0 Å². The summed E-state index contributed by atoms with van der Waals surface area (Å²) in [5.41, 5.74) is 8.46. The number of Topliss-reactive ketones (excluding diaryl/α,β-unsaturated/α-hetero) is 1. The van der Waals surface area contributed by atoms with Gasteiger partial charge in [0.15, 0.2) is 5.78 Å². The molecule has 1 fully saturated rings. The highest BCUT2D eigenvalue weighted by molar-refractivity contribution is 5.98. The minimum absolute atomic E-state index is 0.00110. The van der Waals surface area contributed by atoms with Crippen LogP contribution in [0.5, 0.6) is 0 Å². The average molecular weight is 993 g/mol. The number of aromatic amines is 2. The van der Waals surface area contributed by atoms with Crippen LogP contribution in [0.2, 0.25) is 0 Å². The number of rotatable bonds is 29. The summed E-state index contributed by atoms with van der Waals surface area (Å²) in [5, 5.41) is 17.1. The van der Waals surface area contributed by atoms with Crippen LogP contribution in [0.1, 0.15) is 102 Å². The molecule has 2 aromatic heterocycles. The highest BCUT2D eigenvalue weighted by atomic mass is 16.2. The summed E-state index contributed by atoms with van der Waals surface area (Å²) >= 11 is 0. The van der Waals surface area contributed by atoms with Gasteiger partial charge in [-0.1, -0.05) is 80.9 Å². The fraction of sp³-hybridized carbons (Fsp3) is 0.500. The lowest BCUT2D eigenvalue weighted by atomic mass is 9.96. The van der Waals surface area contributed by atoms with Gasteiger partial charge in [0.05, 0.1) is 18.7 Å². The zero-order chi connectivity index (χ0) is 52.0. The number of aromatic nitrogens is 4. The van der Waals surface area contributed by atoms with E-state index in [1.165, 1.54) is 43.8 Å². The molecule has 1 aliphatic heterocycles. The zero-order valence-electron chi connectivity index (χ0n) is 41.8. The van der Waals surface area contributed by atoms with E-state index in [0.29, 0.717) is 75.8 Å². The van der Waals surface area contributed by atoms with E-state index in [-0.39, 0.29) is 37.4 Å². The number of hydrogen-bond acceptors (Lipinski definition) is 11. The Morgan fingerprint density at radius 1 is 0.639 bits per heavy atom. The molecule has 1 aliphatic rings. The molecule has 20 nitrogen and oxygen atoms in total. The van der Waals surface area contributed by atoms with E-state index in [1.54, 1.807) is 6.92 Å². The monoisotopic (exact) mass is 993 g/mol. The molecule has 0 radical (unpaired) electrons. The van der Waals surface area contributed by atoms with Crippen molar-refractivity contribution in [3.8, 4) is 0 Å². The SMILES string of the molecule is CC[C@H](C)[C@H](NC(=O)[C@H](CCCc1ccccc1)NC(=O)[C@H](Cc1cnc[nH]1)NC(=O)[C@H](Cc1ccccc1)NC(=O)[C@@H]1CCCN1C(C)=O)C(=O)N[C@@H](Cc1cnc[nH]1)C(=O)N[C@@H](CCCCN)C(C)=O. The number of nitrogens with two attached hydrogens (primary N) is 1. The lowest BCUT2D eigenvalue weighted by Crippen LogP contribution is -2.61. The fourth-order valence-electron chi connectivity index (χ4n) is 8.72. The summed E-state index contributed by atoms with van der Waals surface area (Å²) in [6.45, 7) is 7.27. The highest BCUT2D eigenvalue weighted by Gasteiger charge is 2.37. The van der Waals surface area contributed by atoms with Crippen molar-refractivity contribution in [1.29, 1.82) is 0 Å². The number of unbranched alkanes of at least 4 members (excludes halogenated alkanes) is 1. The molecule has 8 atom stereocenters. The van der Waals surface area contributed by atoms with Crippen molar-refractivity contribution in [2.75, 3.05) is 13.1 Å². The van der Waals surface area contributed by atoms with Crippen molar-refractivity contribution in [2.45, 2.75) is 147 Å². The van der Waals surface area contributed by atoms with Gasteiger partial charge in [-0.05, 0) is 81.9 Å². The van der Waals surface area contributed by atoms with Crippen LogP contribution in [-0.4, -0.2) is 127 Å². The van der Waals surface area contributed by atoms with Gasteiger partial charge in [-0.3, -0.25) is 38.4 Å². The van der Waals surface area contributed by atoms with Crippen LogP contribution in [0.15, 0.2) is 85.7 Å². The van der Waals surface area contributed by atoms with E-state index in [9.17, 15) is 38.4 Å². The number of benzene rings is 2. The Kier molecular flexibility index (Phi) is 22.1. The molecule has 2 aromatic carbocycles. The first-order chi connectivity index (χ1) is 34.7. The molecule has 3 heterocycles. The summed E-state index contributed by atoms with van der Waals surface area (Å²) in [7, 11) is 0. The van der Waals surface area contributed by atoms with E-state index < -0.39 is 83.7 Å². The number of nitrogens with one attached hydrogen (secondary N) is 8. The van der Waals surface area contributed by atoms with E-state index in [2.05, 4.69) is 51.8 Å². The Morgan fingerprint density at radius 3 is 1.68 bits per heavy atom. The Balaban J connectivity index is 1.40. The summed E-state index contributed by atoms with van der Waals surface area (Å²) in [6.07, 6.45) is 10.2. The van der Waals surface area contributed by atoms with Crippen molar-refractivity contribution in [2.24, 2.45) is 11.7 Å². The predicted molar refractivity (Wildman–Crippen MR) is 269 cm³/mol. The Labute approximate surface area is 421 Å². The van der Waals surface area contributed by atoms with Gasteiger partial charge in [-0.2, -0.15) is 0 Å². The number of hydrogen-bond donors (Lipinski definition) is 9. The molecule has 0 unspecified atom stereocenters. The topological polar surface area (TPSA) is 295 Å². The van der Waals surface area contributed by atoms with E-state index in [0.717, 1.165) is 11.1 Å². The molecule has 388 valence electrons. The molecule has 10 N–H and O–H groups in total. The number of amides is 7. The number of H-pyrrole nitrogens is 2. The molecule has 72 heavy (non-hydrogen) atoms. The molecule has 5 rings (SSSR count). The number of carbonyl (C=O) groups excluding carboxylic acids is 8. The molecular weight excluding hydrogens is 921 g/mol. The lowest BCUT2D eigenvalue weighted by Gasteiger charge is -2.30. The predicted octanol–water partition coefficient (Wildman–Crippen LogP) is 1.87. The molecule has 20 heteroatoms. The maximum Gasteiger partial charge on any atom is 0.243 e. The third-order valence-corrected chi connectivity index (χ3v) is 13.1. The van der Waals surface area contributed by atoms with Crippen molar-refractivity contribution >= 4 is 47.1 Å². The molecule has 0 bridgehead atoms. The molecular formula is C52H72N12O8. The summed E-state index contributed by atoms with van der Waals surface area (Å²) < 4.78 is 0. The normalized spacial score (nSPS) is 16.2. The number of aryl methyl sites for hydroxylation is 1. The first-order valence-corrected chi connectivity index (χ1v) is 25.0. The first-order valence-electron chi connectivity index (χ1n) is 25.0. The molecule has 4 aromatic rings. The van der Waals surface area contributed by atoms with E-state index >= 15 is 0 Å². The quantitative estimate of drug-likeness (QED) is 0.0354. The summed E-state index contributed by atoms with van der Waals surface area (Å²) in [6, 6.07) is 11.1. The molecule has 1 saturated heterocycles. The van der Waals surface area contributed by atoms with Gasteiger partial charge in [0.2, 0.25) is 41.4 Å². The Hall–Kier alpha value is -7.22. The van der Waals surface area contributed by atoms with Gasteiger partial charge < -0.3 is 52.5 Å². The standard InChI is InChI=1S/C52H72N12O8/c1-5-33(2)46(52(72)62-44(28-39-30-55-32-57-39)49(69)58-40(34(3)65)21-12-13-24-53)63-47(67)41(22-14-20-36-16-8-6-9-17-36)59-50(70)43(27-38-29-54-31-56-38)60-48(68)42(26-37-18-10-7-11-19-37)61-51(71)45-23-15-25-64(45)35(4)66/h6-11,16-19,29-33,40-46H,5,12-15,20-28,53H2,1-4H3,(H,54,56)(H,55,57)(H,58,69)(H,59,70)(H,60,68)(H,61,71)(H,62,72)(H,63,67)/t33-,40-,41-,42-,43-,44-,45-,46-/m0/s1. The van der Waals surface area contributed by atoms with Crippen LogP contribution in [0, 0.1) is 5.92 Å². The Morgan fingerprint density at radius 2 is 1.15 bits per heavy atom. The van der Waals surface area contributed by atoms with Crippen LogP contribution in [0.3, 0.4) is 0 Å². The van der Waals surface area contributed by atoms with Crippen molar-refractivity contribution < 1.29 is 38.4 Å². The first kappa shape index (κ1) is 55.7. The highest BCUT2D eigenvalue weighted by Crippen LogP contribution is 2.19.